The first-order valence-corrected chi connectivity index (χ1v) is 6.80. The van der Waals surface area contributed by atoms with Gasteiger partial charge >= 0.3 is 0 Å². The molecule has 2 rings (SSSR count). The van der Waals surface area contributed by atoms with Gasteiger partial charge in [-0.2, -0.15) is 0 Å². The van der Waals surface area contributed by atoms with E-state index in [2.05, 4.69) is 5.32 Å². The third kappa shape index (κ3) is 3.62. The van der Waals surface area contributed by atoms with Crippen LogP contribution in [0.25, 0.3) is 0 Å². The predicted molar refractivity (Wildman–Crippen MR) is 79.4 cm³/mol. The number of halogens is 3. The fourth-order valence-corrected chi connectivity index (χ4v) is 2.16. The van der Waals surface area contributed by atoms with Crippen molar-refractivity contribution in [3.05, 3.63) is 64.4 Å². The lowest BCUT2D eigenvalue weighted by Gasteiger charge is -2.13. The number of hydrogen-bond acceptors (Lipinski definition) is 1. The van der Waals surface area contributed by atoms with E-state index in [4.69, 9.17) is 23.2 Å². The highest BCUT2D eigenvalue weighted by atomic mass is 35.5. The third-order valence-corrected chi connectivity index (χ3v) is 3.40. The van der Waals surface area contributed by atoms with Crippen LogP contribution in [-0.4, -0.2) is 0 Å². The fourth-order valence-electron chi connectivity index (χ4n) is 1.85. The van der Waals surface area contributed by atoms with Crippen molar-refractivity contribution in [3.8, 4) is 0 Å². The summed E-state index contributed by atoms with van der Waals surface area (Å²) >= 11 is 11.8. The first-order chi connectivity index (χ1) is 9.08. The van der Waals surface area contributed by atoms with Crippen LogP contribution < -0.4 is 5.32 Å². The second-order valence-corrected chi connectivity index (χ2v) is 5.37. The van der Waals surface area contributed by atoms with Gasteiger partial charge in [0.15, 0.2) is 0 Å². The predicted octanol–water partition coefficient (Wildman–Crippen LogP) is 5.39. The minimum Gasteiger partial charge on any atom is -0.381 e. The quantitative estimate of drug-likeness (QED) is 0.746. The van der Waals surface area contributed by atoms with Crippen LogP contribution in [0.15, 0.2) is 42.5 Å². The van der Waals surface area contributed by atoms with E-state index in [0.29, 0.717) is 6.54 Å². The molecule has 0 spiro atoms. The summed E-state index contributed by atoms with van der Waals surface area (Å²) in [6.07, 6.45) is 0. The Kier molecular flexibility index (Phi) is 4.67. The molecule has 0 radical (unpaired) electrons. The molecule has 2 aromatic carbocycles. The second kappa shape index (κ2) is 6.27. The standard InChI is InChI=1S/C15H14Cl2FN/c1-10(16)12-4-2-3-5-15(12)19-9-11-6-7-13(17)14(18)8-11/h2-8,10,19H,9H2,1H3. The van der Waals surface area contributed by atoms with Crippen molar-refractivity contribution < 1.29 is 4.39 Å². The largest absolute Gasteiger partial charge is 0.381 e. The molecule has 0 aliphatic rings. The van der Waals surface area contributed by atoms with Gasteiger partial charge in [-0.25, -0.2) is 4.39 Å². The van der Waals surface area contributed by atoms with E-state index in [1.165, 1.54) is 6.07 Å². The van der Waals surface area contributed by atoms with Crippen molar-refractivity contribution in [3.63, 3.8) is 0 Å². The first kappa shape index (κ1) is 14.2. The Balaban J connectivity index is 2.12. The molecule has 0 saturated heterocycles. The maximum absolute atomic E-state index is 13.3. The molecule has 1 atom stereocenters. The van der Waals surface area contributed by atoms with Crippen LogP contribution in [0.4, 0.5) is 10.1 Å². The molecule has 0 aromatic heterocycles. The monoisotopic (exact) mass is 297 g/mol. The highest BCUT2D eigenvalue weighted by Crippen LogP contribution is 2.27. The van der Waals surface area contributed by atoms with Gasteiger partial charge in [-0.1, -0.05) is 35.9 Å². The highest BCUT2D eigenvalue weighted by molar-refractivity contribution is 6.30. The van der Waals surface area contributed by atoms with E-state index >= 15 is 0 Å². The number of nitrogens with one attached hydrogen (secondary N) is 1. The Labute approximate surface area is 122 Å². The summed E-state index contributed by atoms with van der Waals surface area (Å²) in [5.41, 5.74) is 2.82. The summed E-state index contributed by atoms with van der Waals surface area (Å²) in [6, 6.07) is 12.6. The maximum Gasteiger partial charge on any atom is 0.142 e. The van der Waals surface area contributed by atoms with Crippen molar-refractivity contribution in [2.45, 2.75) is 18.8 Å². The average Bonchev–Trinajstić information content (AvgIpc) is 2.40. The summed E-state index contributed by atoms with van der Waals surface area (Å²) in [4.78, 5) is 0. The van der Waals surface area contributed by atoms with E-state index in [1.54, 1.807) is 12.1 Å². The minimum atomic E-state index is -0.403. The van der Waals surface area contributed by atoms with Gasteiger partial charge in [0.25, 0.3) is 0 Å². The maximum atomic E-state index is 13.3. The molecule has 0 bridgehead atoms. The number of hydrogen-bond donors (Lipinski definition) is 1. The minimum absolute atomic E-state index is 0.0781. The van der Waals surface area contributed by atoms with Gasteiger partial charge in [-0.3, -0.25) is 0 Å². The van der Waals surface area contributed by atoms with Gasteiger partial charge in [0.1, 0.15) is 5.82 Å². The molecule has 0 saturated carbocycles. The van der Waals surface area contributed by atoms with Crippen LogP contribution in [0.3, 0.4) is 0 Å². The summed E-state index contributed by atoms with van der Waals surface area (Å²) in [5.74, 6) is -0.403. The van der Waals surface area contributed by atoms with Gasteiger partial charge in [-0.05, 0) is 36.2 Å². The lowest BCUT2D eigenvalue weighted by molar-refractivity contribution is 0.626. The topological polar surface area (TPSA) is 12.0 Å². The van der Waals surface area contributed by atoms with Gasteiger partial charge < -0.3 is 5.32 Å². The Morgan fingerprint density at radius 3 is 2.63 bits per heavy atom. The van der Waals surface area contributed by atoms with Crippen molar-refractivity contribution in [2.75, 3.05) is 5.32 Å². The SMILES string of the molecule is CC(Cl)c1ccccc1NCc1ccc(Cl)c(F)c1. The van der Waals surface area contributed by atoms with Crippen LogP contribution in [0.1, 0.15) is 23.4 Å². The van der Waals surface area contributed by atoms with Gasteiger partial charge in [0, 0.05) is 12.2 Å². The molecule has 0 heterocycles. The van der Waals surface area contributed by atoms with Crippen molar-refractivity contribution in [1.29, 1.82) is 0 Å². The Morgan fingerprint density at radius 1 is 1.21 bits per heavy atom. The Morgan fingerprint density at radius 2 is 1.95 bits per heavy atom. The molecule has 4 heteroatoms. The van der Waals surface area contributed by atoms with Crippen molar-refractivity contribution in [1.82, 2.24) is 0 Å². The molecule has 0 aliphatic carbocycles. The van der Waals surface area contributed by atoms with E-state index in [1.807, 2.05) is 31.2 Å². The Hall–Kier alpha value is -1.25. The molecule has 1 unspecified atom stereocenters. The molecule has 1 N–H and O–H groups in total. The van der Waals surface area contributed by atoms with E-state index in [0.717, 1.165) is 16.8 Å². The van der Waals surface area contributed by atoms with Crippen LogP contribution in [-0.2, 0) is 6.54 Å². The van der Waals surface area contributed by atoms with Crippen LogP contribution in [0.2, 0.25) is 5.02 Å². The molecule has 100 valence electrons. The lowest BCUT2D eigenvalue weighted by atomic mass is 10.1. The zero-order valence-corrected chi connectivity index (χ0v) is 12.0. The number of benzene rings is 2. The van der Waals surface area contributed by atoms with E-state index in [9.17, 15) is 4.39 Å². The number of alkyl halides is 1. The van der Waals surface area contributed by atoms with Crippen LogP contribution in [0.5, 0.6) is 0 Å². The van der Waals surface area contributed by atoms with Gasteiger partial charge in [0.05, 0.1) is 10.4 Å². The lowest BCUT2D eigenvalue weighted by Crippen LogP contribution is -2.03. The average molecular weight is 298 g/mol. The molecular weight excluding hydrogens is 284 g/mol. The Bertz CT molecular complexity index is 570. The third-order valence-electron chi connectivity index (χ3n) is 2.86. The van der Waals surface area contributed by atoms with Gasteiger partial charge in [-0.15, -0.1) is 11.6 Å². The molecule has 0 aliphatic heterocycles. The smallest absolute Gasteiger partial charge is 0.142 e. The molecular formula is C15H14Cl2FN. The van der Waals surface area contributed by atoms with E-state index < -0.39 is 5.82 Å². The highest BCUT2D eigenvalue weighted by Gasteiger charge is 2.07. The van der Waals surface area contributed by atoms with Crippen molar-refractivity contribution >= 4 is 28.9 Å². The number of para-hydroxylation sites is 1. The van der Waals surface area contributed by atoms with Crippen LogP contribution in [0, 0.1) is 5.82 Å². The zero-order chi connectivity index (χ0) is 13.8. The summed E-state index contributed by atoms with van der Waals surface area (Å²) < 4.78 is 13.3. The number of anilines is 1. The molecule has 0 fully saturated rings. The first-order valence-electron chi connectivity index (χ1n) is 5.98. The van der Waals surface area contributed by atoms with Crippen molar-refractivity contribution in [2.24, 2.45) is 0 Å². The van der Waals surface area contributed by atoms with E-state index in [-0.39, 0.29) is 10.4 Å². The number of rotatable bonds is 4. The summed E-state index contributed by atoms with van der Waals surface area (Å²) in [7, 11) is 0. The normalized spacial score (nSPS) is 12.2. The molecule has 2 aromatic rings. The molecule has 0 amide bonds. The van der Waals surface area contributed by atoms with Gasteiger partial charge in [0.2, 0.25) is 0 Å². The summed E-state index contributed by atoms with van der Waals surface area (Å²) in [6.45, 7) is 2.44. The fraction of sp³-hybridized carbons (Fsp3) is 0.200. The van der Waals surface area contributed by atoms with Crippen LogP contribution >= 0.6 is 23.2 Å². The summed E-state index contributed by atoms with van der Waals surface area (Å²) in [5, 5.41) is 3.32. The second-order valence-electron chi connectivity index (χ2n) is 4.31. The molecule has 19 heavy (non-hydrogen) atoms. The molecule has 1 nitrogen and oxygen atoms in total. The zero-order valence-electron chi connectivity index (χ0n) is 10.5.